The SMILES string of the molecule is Nc1nncc(-c2ccccc2C2CCCCC2)n1. The van der Waals surface area contributed by atoms with Crippen molar-refractivity contribution in [3.63, 3.8) is 0 Å². The lowest BCUT2D eigenvalue weighted by Crippen LogP contribution is -2.07. The molecule has 3 rings (SSSR count). The van der Waals surface area contributed by atoms with Gasteiger partial charge in [-0.05, 0) is 24.3 Å². The summed E-state index contributed by atoms with van der Waals surface area (Å²) in [5, 5.41) is 7.63. The predicted molar refractivity (Wildman–Crippen MR) is 75.5 cm³/mol. The summed E-state index contributed by atoms with van der Waals surface area (Å²) < 4.78 is 0. The van der Waals surface area contributed by atoms with Gasteiger partial charge in [-0.3, -0.25) is 0 Å². The highest BCUT2D eigenvalue weighted by Gasteiger charge is 2.19. The highest BCUT2D eigenvalue weighted by Crippen LogP contribution is 2.37. The van der Waals surface area contributed by atoms with E-state index in [9.17, 15) is 0 Å². The van der Waals surface area contributed by atoms with Crippen LogP contribution in [0.2, 0.25) is 0 Å². The summed E-state index contributed by atoms with van der Waals surface area (Å²) in [5.41, 5.74) is 8.99. The first-order valence-electron chi connectivity index (χ1n) is 6.89. The van der Waals surface area contributed by atoms with Gasteiger partial charge in [0.1, 0.15) is 0 Å². The van der Waals surface area contributed by atoms with Crippen molar-refractivity contribution in [3.8, 4) is 11.3 Å². The molecule has 0 radical (unpaired) electrons. The van der Waals surface area contributed by atoms with Crippen LogP contribution in [0.3, 0.4) is 0 Å². The monoisotopic (exact) mass is 254 g/mol. The van der Waals surface area contributed by atoms with Crippen molar-refractivity contribution in [3.05, 3.63) is 36.0 Å². The highest BCUT2D eigenvalue weighted by atomic mass is 15.2. The fourth-order valence-corrected chi connectivity index (χ4v) is 2.95. The van der Waals surface area contributed by atoms with Crippen LogP contribution in [0.1, 0.15) is 43.6 Å². The van der Waals surface area contributed by atoms with Gasteiger partial charge >= 0.3 is 0 Å². The second-order valence-corrected chi connectivity index (χ2v) is 5.12. The molecule has 2 aromatic rings. The molecule has 4 nitrogen and oxygen atoms in total. The summed E-state index contributed by atoms with van der Waals surface area (Å²) in [4.78, 5) is 4.30. The van der Waals surface area contributed by atoms with Crippen molar-refractivity contribution in [1.82, 2.24) is 15.2 Å². The van der Waals surface area contributed by atoms with Crippen LogP contribution in [0.5, 0.6) is 0 Å². The molecule has 1 aliphatic rings. The third kappa shape index (κ3) is 2.57. The summed E-state index contributed by atoms with van der Waals surface area (Å²) in [5.74, 6) is 0.872. The first-order valence-corrected chi connectivity index (χ1v) is 6.89. The normalized spacial score (nSPS) is 16.4. The van der Waals surface area contributed by atoms with Crippen LogP contribution in [0, 0.1) is 0 Å². The van der Waals surface area contributed by atoms with Crippen molar-refractivity contribution >= 4 is 5.95 Å². The minimum atomic E-state index is 0.232. The number of hydrogen-bond acceptors (Lipinski definition) is 4. The Morgan fingerprint density at radius 3 is 2.63 bits per heavy atom. The Hall–Kier alpha value is -1.97. The zero-order chi connectivity index (χ0) is 13.1. The first-order chi connectivity index (χ1) is 9.34. The molecule has 0 unspecified atom stereocenters. The molecule has 0 bridgehead atoms. The number of aromatic nitrogens is 3. The lowest BCUT2D eigenvalue weighted by atomic mass is 9.81. The number of nitrogens with two attached hydrogens (primary N) is 1. The van der Waals surface area contributed by atoms with E-state index in [2.05, 4.69) is 33.4 Å². The Kier molecular flexibility index (Phi) is 3.40. The van der Waals surface area contributed by atoms with E-state index in [-0.39, 0.29) is 5.95 Å². The number of nitrogens with zero attached hydrogens (tertiary/aromatic N) is 3. The van der Waals surface area contributed by atoms with E-state index < -0.39 is 0 Å². The van der Waals surface area contributed by atoms with Gasteiger partial charge in [-0.25, -0.2) is 4.98 Å². The van der Waals surface area contributed by atoms with Crippen molar-refractivity contribution < 1.29 is 0 Å². The quantitative estimate of drug-likeness (QED) is 0.894. The van der Waals surface area contributed by atoms with Gasteiger partial charge in [0.05, 0.1) is 11.9 Å². The molecule has 0 atom stereocenters. The lowest BCUT2D eigenvalue weighted by Gasteiger charge is -2.24. The Bertz CT molecular complexity index is 562. The van der Waals surface area contributed by atoms with E-state index in [1.807, 2.05) is 6.07 Å². The van der Waals surface area contributed by atoms with Crippen molar-refractivity contribution in [2.75, 3.05) is 5.73 Å². The second kappa shape index (κ2) is 5.34. The van der Waals surface area contributed by atoms with Gasteiger partial charge in [0.2, 0.25) is 5.95 Å². The van der Waals surface area contributed by atoms with Crippen LogP contribution in [0.4, 0.5) is 5.95 Å². The Balaban J connectivity index is 2.01. The van der Waals surface area contributed by atoms with E-state index in [1.54, 1.807) is 6.20 Å². The number of hydrogen-bond donors (Lipinski definition) is 1. The smallest absolute Gasteiger partial charge is 0.240 e. The average Bonchev–Trinajstić information content (AvgIpc) is 2.48. The minimum Gasteiger partial charge on any atom is -0.366 e. The predicted octanol–water partition coefficient (Wildman–Crippen LogP) is 3.17. The summed E-state index contributed by atoms with van der Waals surface area (Å²) in [6.45, 7) is 0. The molecule has 1 aromatic carbocycles. The maximum Gasteiger partial charge on any atom is 0.240 e. The zero-order valence-electron chi connectivity index (χ0n) is 10.9. The van der Waals surface area contributed by atoms with E-state index in [0.717, 1.165) is 11.3 Å². The number of benzene rings is 1. The first kappa shape index (κ1) is 12.1. The van der Waals surface area contributed by atoms with Crippen molar-refractivity contribution in [2.24, 2.45) is 0 Å². The molecule has 0 amide bonds. The van der Waals surface area contributed by atoms with Crippen LogP contribution in [0.25, 0.3) is 11.3 Å². The van der Waals surface area contributed by atoms with E-state index in [1.165, 1.54) is 37.7 Å². The maximum atomic E-state index is 5.64. The molecule has 4 heteroatoms. The molecule has 0 saturated heterocycles. The molecule has 1 aliphatic carbocycles. The largest absolute Gasteiger partial charge is 0.366 e. The van der Waals surface area contributed by atoms with Crippen LogP contribution < -0.4 is 5.73 Å². The number of rotatable bonds is 2. The third-order valence-corrected chi connectivity index (χ3v) is 3.86. The second-order valence-electron chi connectivity index (χ2n) is 5.12. The van der Waals surface area contributed by atoms with Gasteiger partial charge < -0.3 is 5.73 Å². The summed E-state index contributed by atoms with van der Waals surface area (Å²) in [7, 11) is 0. The van der Waals surface area contributed by atoms with Crippen molar-refractivity contribution in [2.45, 2.75) is 38.0 Å². The van der Waals surface area contributed by atoms with E-state index >= 15 is 0 Å². The topological polar surface area (TPSA) is 64.7 Å². The average molecular weight is 254 g/mol. The third-order valence-electron chi connectivity index (χ3n) is 3.86. The molecule has 1 heterocycles. The minimum absolute atomic E-state index is 0.232. The molecule has 1 saturated carbocycles. The Labute approximate surface area is 113 Å². The molecule has 19 heavy (non-hydrogen) atoms. The van der Waals surface area contributed by atoms with Gasteiger partial charge in [0, 0.05) is 5.56 Å². The van der Waals surface area contributed by atoms with Gasteiger partial charge in [0.25, 0.3) is 0 Å². The Morgan fingerprint density at radius 2 is 1.84 bits per heavy atom. The summed E-state index contributed by atoms with van der Waals surface area (Å²) in [6, 6.07) is 8.46. The molecule has 0 spiro atoms. The molecule has 0 aliphatic heterocycles. The number of anilines is 1. The lowest BCUT2D eigenvalue weighted by molar-refractivity contribution is 0.444. The molecule has 1 fully saturated rings. The summed E-state index contributed by atoms with van der Waals surface area (Å²) in [6.07, 6.45) is 8.24. The molecular formula is C15H18N4. The molecule has 1 aromatic heterocycles. The molecule has 2 N–H and O–H groups in total. The standard InChI is InChI=1S/C15H18N4/c16-15-18-14(10-17-19-15)13-9-5-4-8-12(13)11-6-2-1-3-7-11/h4-5,8-11H,1-3,6-7H2,(H2,16,18,19). The van der Waals surface area contributed by atoms with Gasteiger partial charge in [-0.1, -0.05) is 43.5 Å². The van der Waals surface area contributed by atoms with Crippen molar-refractivity contribution in [1.29, 1.82) is 0 Å². The zero-order valence-corrected chi connectivity index (χ0v) is 10.9. The van der Waals surface area contributed by atoms with Crippen LogP contribution in [-0.4, -0.2) is 15.2 Å². The highest BCUT2D eigenvalue weighted by molar-refractivity contribution is 5.64. The summed E-state index contributed by atoms with van der Waals surface area (Å²) >= 11 is 0. The molecular weight excluding hydrogens is 236 g/mol. The van der Waals surface area contributed by atoms with Crippen LogP contribution in [0.15, 0.2) is 30.5 Å². The maximum absolute atomic E-state index is 5.64. The fourth-order valence-electron chi connectivity index (χ4n) is 2.95. The fraction of sp³-hybridized carbons (Fsp3) is 0.400. The van der Waals surface area contributed by atoms with E-state index in [4.69, 9.17) is 5.73 Å². The number of nitrogen functional groups attached to an aromatic ring is 1. The van der Waals surface area contributed by atoms with Gasteiger partial charge in [-0.15, -0.1) is 5.10 Å². The van der Waals surface area contributed by atoms with Crippen LogP contribution in [-0.2, 0) is 0 Å². The van der Waals surface area contributed by atoms with Gasteiger partial charge in [-0.2, -0.15) is 5.10 Å². The van der Waals surface area contributed by atoms with Crippen LogP contribution >= 0.6 is 0 Å². The molecule has 98 valence electrons. The van der Waals surface area contributed by atoms with E-state index in [0.29, 0.717) is 5.92 Å². The Morgan fingerprint density at radius 1 is 1.05 bits per heavy atom. The van der Waals surface area contributed by atoms with Gasteiger partial charge in [0.15, 0.2) is 0 Å².